The van der Waals surface area contributed by atoms with E-state index < -0.39 is 0 Å². The van der Waals surface area contributed by atoms with E-state index in [1.807, 2.05) is 43.0 Å². The van der Waals surface area contributed by atoms with Gasteiger partial charge in [-0.15, -0.1) is 0 Å². The van der Waals surface area contributed by atoms with Crippen LogP contribution < -0.4 is 9.64 Å². The van der Waals surface area contributed by atoms with Gasteiger partial charge in [0.1, 0.15) is 11.9 Å². The average molecular weight is 219 g/mol. The smallest absolute Gasteiger partial charge is 0.227 e. The lowest BCUT2D eigenvalue weighted by atomic mass is 10.1. The first-order chi connectivity index (χ1) is 7.72. The van der Waals surface area contributed by atoms with Crippen LogP contribution in [0.3, 0.4) is 0 Å². The van der Waals surface area contributed by atoms with Crippen LogP contribution >= 0.6 is 0 Å². The Morgan fingerprint density at radius 2 is 2.25 bits per heavy atom. The predicted octanol–water partition coefficient (Wildman–Crippen LogP) is 2.60. The molecule has 1 heterocycles. The highest BCUT2D eigenvalue weighted by Crippen LogP contribution is 2.33. The molecule has 1 aliphatic rings. The molecule has 0 radical (unpaired) electrons. The van der Waals surface area contributed by atoms with Gasteiger partial charge in [-0.05, 0) is 25.5 Å². The van der Waals surface area contributed by atoms with E-state index in [0.29, 0.717) is 13.0 Å². The molecule has 1 aromatic rings. The highest BCUT2D eigenvalue weighted by Gasteiger charge is 2.26. The number of ether oxygens (including phenoxy) is 1. The summed E-state index contributed by atoms with van der Waals surface area (Å²) in [5, 5.41) is 0. The Hall–Kier alpha value is -1.51. The van der Waals surface area contributed by atoms with Crippen molar-refractivity contribution in [1.82, 2.24) is 0 Å². The lowest BCUT2D eigenvalue weighted by Gasteiger charge is -2.33. The Morgan fingerprint density at radius 1 is 1.50 bits per heavy atom. The Bertz CT molecular complexity index is 389. The molecule has 0 saturated carbocycles. The van der Waals surface area contributed by atoms with Crippen molar-refractivity contribution >= 4 is 11.6 Å². The third-order valence-electron chi connectivity index (χ3n) is 2.69. The Morgan fingerprint density at radius 3 is 3.00 bits per heavy atom. The van der Waals surface area contributed by atoms with Gasteiger partial charge in [0.2, 0.25) is 5.91 Å². The molecule has 1 aromatic carbocycles. The minimum atomic E-state index is 0.0655. The van der Waals surface area contributed by atoms with Crippen LogP contribution in [0, 0.1) is 0 Å². The number of para-hydroxylation sites is 2. The minimum Gasteiger partial charge on any atom is -0.487 e. The van der Waals surface area contributed by atoms with E-state index in [1.165, 1.54) is 0 Å². The van der Waals surface area contributed by atoms with Crippen LogP contribution in [0.15, 0.2) is 24.3 Å². The monoisotopic (exact) mass is 219 g/mol. The quantitative estimate of drug-likeness (QED) is 0.765. The van der Waals surface area contributed by atoms with Crippen molar-refractivity contribution < 1.29 is 9.53 Å². The summed E-state index contributed by atoms with van der Waals surface area (Å²) in [6.07, 6.45) is 1.55. The second kappa shape index (κ2) is 4.56. The number of hydrogen-bond acceptors (Lipinski definition) is 2. The Balaban J connectivity index is 2.30. The minimum absolute atomic E-state index is 0.0655. The van der Waals surface area contributed by atoms with Crippen LogP contribution in [0.4, 0.5) is 5.69 Å². The number of hydrogen-bond donors (Lipinski definition) is 0. The molecule has 86 valence electrons. The molecule has 0 aliphatic carbocycles. The molecule has 1 amide bonds. The van der Waals surface area contributed by atoms with E-state index in [9.17, 15) is 4.79 Å². The van der Waals surface area contributed by atoms with Crippen molar-refractivity contribution in [2.75, 3.05) is 11.4 Å². The Kier molecular flexibility index (Phi) is 3.13. The number of carbonyl (C=O) groups excluding carboxylic acids is 1. The van der Waals surface area contributed by atoms with Crippen molar-refractivity contribution in [3.63, 3.8) is 0 Å². The molecule has 3 heteroatoms. The topological polar surface area (TPSA) is 29.5 Å². The number of anilines is 1. The lowest BCUT2D eigenvalue weighted by molar-refractivity contribution is -0.119. The molecular formula is C13H17NO2. The standard InChI is InChI=1S/C13H17NO2/c1-3-6-13(15)14-9-10(2)16-12-8-5-4-7-11(12)14/h4-5,7-8,10H,3,6,9H2,1-2H3/t10-/m1/s1. The SMILES string of the molecule is CCCC(=O)N1C[C@@H](C)Oc2ccccc21. The molecule has 0 bridgehead atoms. The van der Waals surface area contributed by atoms with Crippen LogP contribution in [0.5, 0.6) is 5.75 Å². The van der Waals surface area contributed by atoms with E-state index in [4.69, 9.17) is 4.74 Å². The van der Waals surface area contributed by atoms with Gasteiger partial charge in [0.05, 0.1) is 12.2 Å². The molecule has 3 nitrogen and oxygen atoms in total. The maximum atomic E-state index is 12.0. The number of nitrogens with zero attached hydrogens (tertiary/aromatic N) is 1. The summed E-state index contributed by atoms with van der Waals surface area (Å²) < 4.78 is 5.70. The van der Waals surface area contributed by atoms with Gasteiger partial charge in [-0.25, -0.2) is 0 Å². The van der Waals surface area contributed by atoms with Crippen LogP contribution in [-0.4, -0.2) is 18.6 Å². The fraction of sp³-hybridized carbons (Fsp3) is 0.462. The molecule has 0 saturated heterocycles. The molecule has 1 atom stereocenters. The summed E-state index contributed by atoms with van der Waals surface area (Å²) in [4.78, 5) is 13.8. The first-order valence-electron chi connectivity index (χ1n) is 5.78. The van der Waals surface area contributed by atoms with Crippen molar-refractivity contribution in [3.05, 3.63) is 24.3 Å². The molecule has 0 fully saturated rings. The second-order valence-electron chi connectivity index (χ2n) is 4.15. The normalized spacial score (nSPS) is 18.9. The second-order valence-corrected chi connectivity index (χ2v) is 4.15. The van der Waals surface area contributed by atoms with Gasteiger partial charge >= 0.3 is 0 Å². The fourth-order valence-electron chi connectivity index (χ4n) is 1.97. The van der Waals surface area contributed by atoms with E-state index in [1.54, 1.807) is 0 Å². The summed E-state index contributed by atoms with van der Waals surface area (Å²) in [5.41, 5.74) is 0.902. The fourth-order valence-corrected chi connectivity index (χ4v) is 1.97. The summed E-state index contributed by atoms with van der Waals surface area (Å²) in [6, 6.07) is 7.72. The van der Waals surface area contributed by atoms with Crippen LogP contribution in [0.25, 0.3) is 0 Å². The zero-order valence-electron chi connectivity index (χ0n) is 9.77. The summed E-state index contributed by atoms with van der Waals surface area (Å²) in [5.74, 6) is 0.996. The van der Waals surface area contributed by atoms with Crippen LogP contribution in [0.2, 0.25) is 0 Å². The summed E-state index contributed by atoms with van der Waals surface area (Å²) in [7, 11) is 0. The number of fused-ring (bicyclic) bond motifs is 1. The van der Waals surface area contributed by atoms with Crippen molar-refractivity contribution in [3.8, 4) is 5.75 Å². The molecule has 0 N–H and O–H groups in total. The van der Waals surface area contributed by atoms with Gasteiger partial charge in [0.25, 0.3) is 0 Å². The maximum absolute atomic E-state index is 12.0. The first kappa shape index (κ1) is 11.0. The predicted molar refractivity (Wildman–Crippen MR) is 63.8 cm³/mol. The van der Waals surface area contributed by atoms with Crippen molar-refractivity contribution in [1.29, 1.82) is 0 Å². The molecule has 16 heavy (non-hydrogen) atoms. The molecule has 0 aromatic heterocycles. The maximum Gasteiger partial charge on any atom is 0.227 e. The molecule has 0 spiro atoms. The summed E-state index contributed by atoms with van der Waals surface area (Å²) >= 11 is 0. The van der Waals surface area contributed by atoms with Gasteiger partial charge in [-0.2, -0.15) is 0 Å². The van der Waals surface area contributed by atoms with Crippen molar-refractivity contribution in [2.24, 2.45) is 0 Å². The van der Waals surface area contributed by atoms with E-state index >= 15 is 0 Å². The molecule has 1 aliphatic heterocycles. The highest BCUT2D eigenvalue weighted by atomic mass is 16.5. The lowest BCUT2D eigenvalue weighted by Crippen LogP contribution is -2.42. The van der Waals surface area contributed by atoms with E-state index in [-0.39, 0.29) is 12.0 Å². The average Bonchev–Trinajstić information content (AvgIpc) is 2.28. The third kappa shape index (κ3) is 2.03. The summed E-state index contributed by atoms with van der Waals surface area (Å²) in [6.45, 7) is 4.66. The molecule has 0 unspecified atom stereocenters. The molecular weight excluding hydrogens is 202 g/mol. The van der Waals surface area contributed by atoms with Gasteiger partial charge in [0.15, 0.2) is 0 Å². The largest absolute Gasteiger partial charge is 0.487 e. The number of benzene rings is 1. The number of rotatable bonds is 2. The van der Waals surface area contributed by atoms with Gasteiger partial charge < -0.3 is 9.64 Å². The molecule has 2 rings (SSSR count). The number of amides is 1. The van der Waals surface area contributed by atoms with Crippen LogP contribution in [-0.2, 0) is 4.79 Å². The zero-order valence-corrected chi connectivity index (χ0v) is 9.77. The highest BCUT2D eigenvalue weighted by molar-refractivity contribution is 5.95. The van der Waals surface area contributed by atoms with Gasteiger partial charge in [0, 0.05) is 6.42 Å². The Labute approximate surface area is 96.0 Å². The van der Waals surface area contributed by atoms with Crippen molar-refractivity contribution in [2.45, 2.75) is 32.8 Å². The van der Waals surface area contributed by atoms with E-state index in [2.05, 4.69) is 0 Å². The van der Waals surface area contributed by atoms with Gasteiger partial charge in [-0.1, -0.05) is 19.1 Å². The third-order valence-corrected chi connectivity index (χ3v) is 2.69. The zero-order chi connectivity index (χ0) is 11.5. The van der Waals surface area contributed by atoms with Gasteiger partial charge in [-0.3, -0.25) is 4.79 Å². The first-order valence-corrected chi connectivity index (χ1v) is 5.78. The number of carbonyl (C=O) groups is 1. The van der Waals surface area contributed by atoms with Crippen LogP contribution in [0.1, 0.15) is 26.7 Å². The van der Waals surface area contributed by atoms with E-state index in [0.717, 1.165) is 17.9 Å².